The van der Waals surface area contributed by atoms with Crippen LogP contribution in [0.25, 0.3) is 0 Å². The fourth-order valence-electron chi connectivity index (χ4n) is 5.06. The van der Waals surface area contributed by atoms with Crippen LogP contribution < -0.4 is 15.2 Å². The molecule has 2 N–H and O–H groups in total. The summed E-state index contributed by atoms with van der Waals surface area (Å²) in [6.07, 6.45) is 6.22. The lowest BCUT2D eigenvalue weighted by molar-refractivity contribution is 0.243. The molecule has 2 aromatic rings. The van der Waals surface area contributed by atoms with Crippen LogP contribution >= 0.6 is 0 Å². The number of nitrogens with two attached hydrogens (primary N) is 1. The fourth-order valence-corrected chi connectivity index (χ4v) is 5.06. The van der Waals surface area contributed by atoms with Gasteiger partial charge < -0.3 is 15.2 Å². The van der Waals surface area contributed by atoms with Gasteiger partial charge in [0.2, 0.25) is 0 Å². The third-order valence-electron chi connectivity index (χ3n) is 6.25. The highest BCUT2D eigenvalue weighted by molar-refractivity contribution is 5.64. The molecule has 132 valence electrons. The molecule has 4 rings (SSSR count). The van der Waals surface area contributed by atoms with E-state index in [4.69, 9.17) is 15.2 Å². The molecule has 0 bridgehead atoms. The molecule has 0 spiro atoms. The summed E-state index contributed by atoms with van der Waals surface area (Å²) in [5.41, 5.74) is 11.6. The number of methoxy groups -OCH3 is 2. The summed E-state index contributed by atoms with van der Waals surface area (Å²) in [6, 6.07) is 12.9. The van der Waals surface area contributed by atoms with Crippen LogP contribution in [0.3, 0.4) is 0 Å². The first-order chi connectivity index (χ1) is 12.2. The Morgan fingerprint density at radius 1 is 0.880 bits per heavy atom. The van der Waals surface area contributed by atoms with Gasteiger partial charge in [-0.25, -0.2) is 0 Å². The predicted octanol–water partition coefficient (Wildman–Crippen LogP) is 4.90. The van der Waals surface area contributed by atoms with Gasteiger partial charge in [0.1, 0.15) is 11.5 Å². The molecular weight excluding hydrogens is 310 g/mol. The normalized spacial score (nSPS) is 25.0. The quantitative estimate of drug-likeness (QED) is 0.810. The smallest absolute Gasteiger partial charge is 0.142 e. The van der Waals surface area contributed by atoms with Crippen molar-refractivity contribution in [2.75, 3.05) is 20.0 Å². The molecule has 2 aromatic carbocycles. The van der Waals surface area contributed by atoms with E-state index in [1.165, 1.54) is 42.4 Å². The standard InChI is InChI=1S/C22H27NO2/c1-24-16-10-7-14(8-11-16)19-13-15-9-12-20(25-2)22(23)21(15)18-6-4-3-5-17(18)19/h7-12,17-19H,3-6,13,23H2,1-2H3/t17-,18+,19-/m0/s1. The third-order valence-corrected chi connectivity index (χ3v) is 6.25. The van der Waals surface area contributed by atoms with E-state index >= 15 is 0 Å². The van der Waals surface area contributed by atoms with E-state index in [1.807, 2.05) is 6.07 Å². The van der Waals surface area contributed by atoms with Gasteiger partial charge in [-0.1, -0.05) is 31.0 Å². The first kappa shape index (κ1) is 16.3. The number of ether oxygens (including phenoxy) is 2. The second kappa shape index (κ2) is 6.62. The Morgan fingerprint density at radius 3 is 2.36 bits per heavy atom. The van der Waals surface area contributed by atoms with E-state index < -0.39 is 0 Å². The second-order valence-electron chi connectivity index (χ2n) is 7.39. The van der Waals surface area contributed by atoms with Gasteiger partial charge in [-0.3, -0.25) is 0 Å². The van der Waals surface area contributed by atoms with Crippen molar-refractivity contribution in [1.29, 1.82) is 0 Å². The van der Waals surface area contributed by atoms with Crippen molar-refractivity contribution in [2.24, 2.45) is 5.92 Å². The fraction of sp³-hybridized carbons (Fsp3) is 0.455. The molecule has 3 nitrogen and oxygen atoms in total. The third kappa shape index (κ3) is 2.76. The number of anilines is 1. The van der Waals surface area contributed by atoms with Crippen LogP contribution in [-0.2, 0) is 6.42 Å². The lowest BCUT2D eigenvalue weighted by Gasteiger charge is -2.43. The molecule has 1 fully saturated rings. The minimum Gasteiger partial charge on any atom is -0.497 e. The van der Waals surface area contributed by atoms with E-state index in [0.29, 0.717) is 17.8 Å². The van der Waals surface area contributed by atoms with Crippen molar-refractivity contribution >= 4 is 5.69 Å². The highest BCUT2D eigenvalue weighted by atomic mass is 16.5. The minimum atomic E-state index is 0.555. The lowest BCUT2D eigenvalue weighted by atomic mass is 9.61. The number of rotatable bonds is 3. The largest absolute Gasteiger partial charge is 0.497 e. The maximum Gasteiger partial charge on any atom is 0.142 e. The van der Waals surface area contributed by atoms with Gasteiger partial charge in [0.05, 0.1) is 19.9 Å². The summed E-state index contributed by atoms with van der Waals surface area (Å²) in [6.45, 7) is 0. The van der Waals surface area contributed by atoms with Gasteiger partial charge in [0.25, 0.3) is 0 Å². The molecule has 1 saturated carbocycles. The number of hydrogen-bond acceptors (Lipinski definition) is 3. The molecule has 0 heterocycles. The summed E-state index contributed by atoms with van der Waals surface area (Å²) in [5, 5.41) is 0. The number of nitrogen functional groups attached to an aromatic ring is 1. The zero-order valence-corrected chi connectivity index (χ0v) is 15.1. The van der Waals surface area contributed by atoms with Crippen LogP contribution in [-0.4, -0.2) is 14.2 Å². The molecule has 3 atom stereocenters. The second-order valence-corrected chi connectivity index (χ2v) is 7.39. The van der Waals surface area contributed by atoms with Gasteiger partial charge in [0.15, 0.2) is 0 Å². The van der Waals surface area contributed by atoms with Crippen LogP contribution in [0.15, 0.2) is 36.4 Å². The molecule has 3 heteroatoms. The van der Waals surface area contributed by atoms with E-state index in [-0.39, 0.29) is 0 Å². The van der Waals surface area contributed by atoms with Gasteiger partial charge >= 0.3 is 0 Å². The van der Waals surface area contributed by atoms with E-state index in [2.05, 4.69) is 30.3 Å². The number of hydrogen-bond donors (Lipinski definition) is 1. The Hall–Kier alpha value is -2.16. The Morgan fingerprint density at radius 2 is 1.64 bits per heavy atom. The zero-order valence-electron chi connectivity index (χ0n) is 15.1. The summed E-state index contributed by atoms with van der Waals surface area (Å²) in [7, 11) is 3.43. The average Bonchev–Trinajstić information content (AvgIpc) is 2.67. The Kier molecular flexibility index (Phi) is 4.32. The molecule has 0 amide bonds. The van der Waals surface area contributed by atoms with Crippen LogP contribution in [0.1, 0.15) is 54.2 Å². The van der Waals surface area contributed by atoms with Gasteiger partial charge in [-0.05, 0) is 71.9 Å². The molecule has 0 aromatic heterocycles. The zero-order chi connectivity index (χ0) is 17.4. The number of fused-ring (bicyclic) bond motifs is 3. The van der Waals surface area contributed by atoms with Crippen LogP contribution in [0.4, 0.5) is 5.69 Å². The topological polar surface area (TPSA) is 44.5 Å². The SMILES string of the molecule is COc1ccc([C@@H]2Cc3ccc(OC)c(N)c3[C@@H]3CCCC[C@H]23)cc1. The van der Waals surface area contributed by atoms with Crippen molar-refractivity contribution in [3.63, 3.8) is 0 Å². The van der Waals surface area contributed by atoms with Crippen LogP contribution in [0.2, 0.25) is 0 Å². The maximum absolute atomic E-state index is 6.50. The van der Waals surface area contributed by atoms with E-state index in [0.717, 1.165) is 23.6 Å². The Balaban J connectivity index is 1.76. The van der Waals surface area contributed by atoms with Crippen LogP contribution in [0, 0.1) is 5.92 Å². The molecule has 0 unspecified atom stereocenters. The summed E-state index contributed by atoms with van der Waals surface area (Å²) < 4.78 is 10.8. The van der Waals surface area contributed by atoms with Crippen LogP contribution in [0.5, 0.6) is 11.5 Å². The minimum absolute atomic E-state index is 0.555. The molecule has 0 aliphatic heterocycles. The Labute approximate surface area is 150 Å². The van der Waals surface area contributed by atoms with Crippen molar-refractivity contribution < 1.29 is 9.47 Å². The molecule has 0 radical (unpaired) electrons. The molecule has 2 aliphatic carbocycles. The predicted molar refractivity (Wildman–Crippen MR) is 102 cm³/mol. The monoisotopic (exact) mass is 337 g/mol. The van der Waals surface area contributed by atoms with Crippen molar-refractivity contribution in [1.82, 2.24) is 0 Å². The van der Waals surface area contributed by atoms with Crippen molar-refractivity contribution in [3.05, 3.63) is 53.1 Å². The summed E-state index contributed by atoms with van der Waals surface area (Å²) in [5.74, 6) is 3.54. The Bertz CT molecular complexity index is 753. The highest BCUT2D eigenvalue weighted by Crippen LogP contribution is 2.54. The molecular formula is C22H27NO2. The average molecular weight is 337 g/mol. The van der Waals surface area contributed by atoms with Crippen molar-refractivity contribution in [3.8, 4) is 11.5 Å². The van der Waals surface area contributed by atoms with Gasteiger partial charge in [0, 0.05) is 0 Å². The first-order valence-corrected chi connectivity index (χ1v) is 9.32. The number of benzene rings is 2. The van der Waals surface area contributed by atoms with E-state index in [1.54, 1.807) is 14.2 Å². The van der Waals surface area contributed by atoms with Gasteiger partial charge in [-0.15, -0.1) is 0 Å². The van der Waals surface area contributed by atoms with Crippen molar-refractivity contribution in [2.45, 2.75) is 43.9 Å². The van der Waals surface area contributed by atoms with E-state index in [9.17, 15) is 0 Å². The molecule has 2 aliphatic rings. The maximum atomic E-state index is 6.50. The summed E-state index contributed by atoms with van der Waals surface area (Å²) >= 11 is 0. The van der Waals surface area contributed by atoms with Gasteiger partial charge in [-0.2, -0.15) is 0 Å². The first-order valence-electron chi connectivity index (χ1n) is 9.32. The molecule has 0 saturated heterocycles. The highest BCUT2D eigenvalue weighted by Gasteiger charge is 2.40. The molecule has 25 heavy (non-hydrogen) atoms. The lowest BCUT2D eigenvalue weighted by Crippen LogP contribution is -2.31. The summed E-state index contributed by atoms with van der Waals surface area (Å²) in [4.78, 5) is 0.